The molecule has 0 aliphatic rings. The molecule has 4 rings (SSSR count). The van der Waals surface area contributed by atoms with Crippen molar-refractivity contribution in [2.75, 3.05) is 0 Å². The molecule has 0 saturated carbocycles. The summed E-state index contributed by atoms with van der Waals surface area (Å²) >= 11 is 0. The zero-order chi connectivity index (χ0) is 19.5. The highest BCUT2D eigenvalue weighted by molar-refractivity contribution is 5.95. The van der Waals surface area contributed by atoms with E-state index in [2.05, 4.69) is 26.1 Å². The van der Waals surface area contributed by atoms with E-state index in [-0.39, 0.29) is 12.2 Å². The largest absolute Gasteiger partial charge is 0.288 e. The molecule has 0 radical (unpaired) electrons. The van der Waals surface area contributed by atoms with Crippen LogP contribution in [0.1, 0.15) is 10.5 Å². The fraction of sp³-hybridized carbons (Fsp3) is 0.0526. The van der Waals surface area contributed by atoms with Gasteiger partial charge in [0, 0.05) is 5.39 Å². The fourth-order valence-electron chi connectivity index (χ4n) is 2.69. The van der Waals surface area contributed by atoms with Gasteiger partial charge < -0.3 is 0 Å². The van der Waals surface area contributed by atoms with Crippen LogP contribution in [0.15, 0.2) is 65.5 Å². The van der Waals surface area contributed by atoms with E-state index < -0.39 is 17.4 Å². The average molecular weight is 374 g/mol. The molecule has 2 aromatic heterocycles. The molecule has 0 bridgehead atoms. The van der Waals surface area contributed by atoms with Gasteiger partial charge in [0.1, 0.15) is 17.8 Å². The number of hydrazine groups is 1. The predicted molar refractivity (Wildman–Crippen MR) is 101 cm³/mol. The number of fused-ring (bicyclic) bond motifs is 2. The highest BCUT2D eigenvalue weighted by atomic mass is 16.2. The highest BCUT2D eigenvalue weighted by Gasteiger charge is 2.12. The minimum atomic E-state index is -0.624. The molecule has 4 aromatic rings. The second-order valence-corrected chi connectivity index (χ2v) is 5.96. The van der Waals surface area contributed by atoms with Gasteiger partial charge in [0.25, 0.3) is 17.4 Å². The molecule has 0 atom stereocenters. The van der Waals surface area contributed by atoms with Crippen LogP contribution in [0.2, 0.25) is 0 Å². The molecule has 2 amide bonds. The van der Waals surface area contributed by atoms with Gasteiger partial charge in [0.05, 0.1) is 10.9 Å². The lowest BCUT2D eigenvalue weighted by atomic mass is 10.2. The molecule has 0 aliphatic heterocycles. The summed E-state index contributed by atoms with van der Waals surface area (Å²) in [6, 6.07) is 17.4. The van der Waals surface area contributed by atoms with Crippen molar-refractivity contribution in [1.82, 2.24) is 30.8 Å². The molecule has 28 heavy (non-hydrogen) atoms. The zero-order valence-electron chi connectivity index (χ0n) is 14.5. The lowest BCUT2D eigenvalue weighted by molar-refractivity contribution is -0.122. The molecule has 0 unspecified atom stereocenters. The van der Waals surface area contributed by atoms with Gasteiger partial charge in [-0.3, -0.25) is 25.2 Å². The highest BCUT2D eigenvalue weighted by Crippen LogP contribution is 2.11. The second-order valence-electron chi connectivity index (χ2n) is 5.96. The van der Waals surface area contributed by atoms with Crippen molar-refractivity contribution < 1.29 is 9.59 Å². The van der Waals surface area contributed by atoms with Gasteiger partial charge in [0.2, 0.25) is 0 Å². The number of nitrogens with one attached hydrogen (secondary N) is 2. The number of nitrogens with zero attached hydrogens (tertiary/aromatic N) is 4. The summed E-state index contributed by atoms with van der Waals surface area (Å²) in [5, 5.41) is 8.89. The van der Waals surface area contributed by atoms with Gasteiger partial charge >= 0.3 is 0 Å². The Kier molecular flexibility index (Phi) is 4.47. The molecule has 0 fully saturated rings. The number of carbonyl (C=O) groups is 2. The number of hydrogen-bond acceptors (Lipinski definition) is 6. The van der Waals surface area contributed by atoms with Crippen molar-refractivity contribution in [3.05, 3.63) is 76.7 Å². The van der Waals surface area contributed by atoms with Gasteiger partial charge in [-0.1, -0.05) is 41.6 Å². The van der Waals surface area contributed by atoms with Crippen LogP contribution in [-0.4, -0.2) is 31.8 Å². The van der Waals surface area contributed by atoms with Gasteiger partial charge in [-0.25, -0.2) is 9.67 Å². The first-order valence-electron chi connectivity index (χ1n) is 8.39. The van der Waals surface area contributed by atoms with Crippen LogP contribution >= 0.6 is 0 Å². The number of aromatic nitrogens is 4. The number of carbonyl (C=O) groups excluding carboxylic acids is 2. The maximum Gasteiger partial charge on any atom is 0.288 e. The van der Waals surface area contributed by atoms with E-state index in [4.69, 9.17) is 0 Å². The predicted octanol–water partition coefficient (Wildman–Crippen LogP) is 0.801. The summed E-state index contributed by atoms with van der Waals surface area (Å²) in [4.78, 5) is 40.9. The first kappa shape index (κ1) is 17.3. The molecule has 0 saturated heterocycles. The van der Waals surface area contributed by atoms with Crippen LogP contribution in [0.3, 0.4) is 0 Å². The number of benzene rings is 2. The molecular formula is C19H14N6O3. The Labute approximate surface area is 158 Å². The van der Waals surface area contributed by atoms with E-state index in [1.54, 1.807) is 42.5 Å². The average Bonchev–Trinajstić information content (AvgIpc) is 2.74. The van der Waals surface area contributed by atoms with E-state index in [9.17, 15) is 14.4 Å². The van der Waals surface area contributed by atoms with Gasteiger partial charge in [-0.2, -0.15) is 0 Å². The number of para-hydroxylation sites is 1. The van der Waals surface area contributed by atoms with Crippen molar-refractivity contribution in [2.24, 2.45) is 0 Å². The molecule has 0 spiro atoms. The Hall–Kier alpha value is -4.14. The van der Waals surface area contributed by atoms with E-state index in [1.807, 2.05) is 18.2 Å². The van der Waals surface area contributed by atoms with Crippen LogP contribution < -0.4 is 16.4 Å². The van der Waals surface area contributed by atoms with Gasteiger partial charge in [-0.05, 0) is 24.3 Å². The van der Waals surface area contributed by atoms with Crippen molar-refractivity contribution in [3.63, 3.8) is 0 Å². The zero-order valence-corrected chi connectivity index (χ0v) is 14.5. The Morgan fingerprint density at radius 3 is 2.50 bits per heavy atom. The summed E-state index contributed by atoms with van der Waals surface area (Å²) in [7, 11) is 0. The fourth-order valence-corrected chi connectivity index (χ4v) is 2.69. The van der Waals surface area contributed by atoms with Gasteiger partial charge in [0.15, 0.2) is 0 Å². The molecule has 2 aromatic carbocycles. The Morgan fingerprint density at radius 2 is 1.64 bits per heavy atom. The minimum absolute atomic E-state index is 0.154. The number of rotatable bonds is 3. The molecule has 2 heterocycles. The van der Waals surface area contributed by atoms with Gasteiger partial charge in [-0.15, -0.1) is 5.10 Å². The first-order chi connectivity index (χ1) is 13.6. The standard InChI is InChI=1S/C19H14N6O3/c26-17(11-25-19(28)13-6-2-4-8-15(13)21-24-25)22-23-18(27)16-10-9-12-5-1-3-7-14(12)20-16/h1-10H,11H2,(H,22,26)(H,23,27). The summed E-state index contributed by atoms with van der Waals surface area (Å²) in [5.74, 6) is -1.20. The Balaban J connectivity index is 1.43. The Bertz CT molecular complexity index is 1270. The smallest absolute Gasteiger partial charge is 0.271 e. The maximum absolute atomic E-state index is 12.3. The van der Waals surface area contributed by atoms with Crippen molar-refractivity contribution in [1.29, 1.82) is 0 Å². The van der Waals surface area contributed by atoms with Crippen LogP contribution in [0.5, 0.6) is 0 Å². The first-order valence-corrected chi connectivity index (χ1v) is 8.39. The van der Waals surface area contributed by atoms with Crippen LogP contribution in [0.4, 0.5) is 0 Å². The molecule has 9 heteroatoms. The van der Waals surface area contributed by atoms with Crippen LogP contribution in [0, 0.1) is 0 Å². The summed E-state index contributed by atoms with van der Waals surface area (Å²) < 4.78 is 0.929. The third kappa shape index (κ3) is 3.40. The quantitative estimate of drug-likeness (QED) is 0.512. The third-order valence-electron chi connectivity index (χ3n) is 4.07. The van der Waals surface area contributed by atoms with E-state index in [0.29, 0.717) is 16.4 Å². The van der Waals surface area contributed by atoms with Crippen LogP contribution in [-0.2, 0) is 11.3 Å². The minimum Gasteiger partial charge on any atom is -0.271 e. The number of amides is 2. The normalized spacial score (nSPS) is 10.7. The lowest BCUT2D eigenvalue weighted by Crippen LogP contribution is -2.44. The molecule has 2 N–H and O–H groups in total. The SMILES string of the molecule is O=C(Cn1nnc2ccccc2c1=O)NNC(=O)c1ccc2ccccc2n1. The second kappa shape index (κ2) is 7.23. The monoisotopic (exact) mass is 374 g/mol. The van der Waals surface area contributed by atoms with Crippen molar-refractivity contribution >= 4 is 33.6 Å². The molecule has 138 valence electrons. The van der Waals surface area contributed by atoms with Crippen LogP contribution in [0.25, 0.3) is 21.8 Å². The summed E-state index contributed by atoms with van der Waals surface area (Å²) in [6.07, 6.45) is 0. The third-order valence-corrected chi connectivity index (χ3v) is 4.07. The molecular weight excluding hydrogens is 360 g/mol. The van der Waals surface area contributed by atoms with Crippen molar-refractivity contribution in [2.45, 2.75) is 6.54 Å². The molecule has 0 aliphatic carbocycles. The summed E-state index contributed by atoms with van der Waals surface area (Å²) in [5.41, 5.74) is 5.35. The lowest BCUT2D eigenvalue weighted by Gasteiger charge is -2.08. The van der Waals surface area contributed by atoms with Crippen molar-refractivity contribution in [3.8, 4) is 0 Å². The summed E-state index contributed by atoms with van der Waals surface area (Å²) in [6.45, 7) is -0.387. The number of pyridine rings is 1. The van der Waals surface area contributed by atoms with E-state index >= 15 is 0 Å². The molecule has 9 nitrogen and oxygen atoms in total. The maximum atomic E-state index is 12.3. The topological polar surface area (TPSA) is 119 Å². The Morgan fingerprint density at radius 1 is 0.893 bits per heavy atom. The van der Waals surface area contributed by atoms with E-state index in [1.165, 1.54) is 0 Å². The van der Waals surface area contributed by atoms with E-state index in [0.717, 1.165) is 10.1 Å². The number of hydrogen-bond donors (Lipinski definition) is 2.